The highest BCUT2D eigenvalue weighted by atomic mass is 127. The van der Waals surface area contributed by atoms with Crippen LogP contribution in [0.15, 0.2) is 29.3 Å². The van der Waals surface area contributed by atoms with Gasteiger partial charge in [0.2, 0.25) is 5.91 Å². The normalized spacial score (nSPS) is 12.2. The van der Waals surface area contributed by atoms with Gasteiger partial charge in [-0.15, -0.1) is 24.0 Å². The second-order valence-corrected chi connectivity index (χ2v) is 5.43. The maximum atomic E-state index is 12.9. The molecule has 0 aliphatic rings. The van der Waals surface area contributed by atoms with E-state index in [9.17, 15) is 9.18 Å². The van der Waals surface area contributed by atoms with Crippen molar-refractivity contribution in [2.75, 3.05) is 19.6 Å². The fourth-order valence-corrected chi connectivity index (χ4v) is 2.09. The van der Waals surface area contributed by atoms with E-state index in [1.807, 2.05) is 6.92 Å². The van der Waals surface area contributed by atoms with Crippen LogP contribution in [0.2, 0.25) is 0 Å². The maximum absolute atomic E-state index is 12.9. The minimum Gasteiger partial charge on any atom is -0.369 e. The molecule has 4 N–H and O–H groups in total. The molecule has 0 saturated heterocycles. The monoisotopic (exact) mass is 450 g/mol. The molecule has 1 rings (SSSR count). The average Bonchev–Trinajstić information content (AvgIpc) is 2.53. The van der Waals surface area contributed by atoms with E-state index in [-0.39, 0.29) is 29.8 Å². The highest BCUT2D eigenvalue weighted by molar-refractivity contribution is 14.0. The van der Waals surface area contributed by atoms with Crippen LogP contribution in [-0.4, -0.2) is 31.5 Å². The lowest BCUT2D eigenvalue weighted by molar-refractivity contribution is -0.121. The summed E-state index contributed by atoms with van der Waals surface area (Å²) in [5.74, 6) is -0.423. The lowest BCUT2D eigenvalue weighted by Crippen LogP contribution is -2.39. The number of unbranched alkanes of at least 4 members (excludes halogenated alkanes) is 1. The smallest absolute Gasteiger partial charge is 0.222 e. The van der Waals surface area contributed by atoms with Crippen molar-refractivity contribution in [2.24, 2.45) is 16.6 Å². The minimum absolute atomic E-state index is 0. The van der Waals surface area contributed by atoms with Crippen molar-refractivity contribution in [3.05, 3.63) is 35.6 Å². The Kier molecular flexibility index (Phi) is 12.2. The summed E-state index contributed by atoms with van der Waals surface area (Å²) in [6.45, 7) is 5.99. The third-order valence-corrected chi connectivity index (χ3v) is 3.43. The topological polar surface area (TPSA) is 79.5 Å². The van der Waals surface area contributed by atoms with E-state index in [0.717, 1.165) is 31.5 Å². The number of carbonyl (C=O) groups excluding carboxylic acids is 1. The SMILES string of the molecule is CCCCNC(=NCC(Cc1ccc(F)cc1)C(N)=O)NCC.I. The van der Waals surface area contributed by atoms with Crippen molar-refractivity contribution in [1.29, 1.82) is 0 Å². The third-order valence-electron chi connectivity index (χ3n) is 3.43. The van der Waals surface area contributed by atoms with Gasteiger partial charge in [-0.3, -0.25) is 9.79 Å². The Morgan fingerprint density at radius 1 is 1.25 bits per heavy atom. The summed E-state index contributed by atoms with van der Waals surface area (Å²) in [7, 11) is 0. The van der Waals surface area contributed by atoms with Gasteiger partial charge in [0.15, 0.2) is 5.96 Å². The van der Waals surface area contributed by atoms with Gasteiger partial charge in [0, 0.05) is 13.1 Å². The van der Waals surface area contributed by atoms with Gasteiger partial charge in [-0.1, -0.05) is 25.5 Å². The molecule has 1 amide bonds. The van der Waals surface area contributed by atoms with Crippen molar-refractivity contribution >= 4 is 35.8 Å². The van der Waals surface area contributed by atoms with Crippen molar-refractivity contribution in [3.63, 3.8) is 0 Å². The fourth-order valence-electron chi connectivity index (χ4n) is 2.09. The quantitative estimate of drug-likeness (QED) is 0.234. The molecule has 0 bridgehead atoms. The fraction of sp³-hybridized carbons (Fsp3) is 0.529. The molecule has 0 heterocycles. The lowest BCUT2D eigenvalue weighted by Gasteiger charge is -2.14. The van der Waals surface area contributed by atoms with E-state index in [2.05, 4.69) is 22.5 Å². The van der Waals surface area contributed by atoms with Crippen LogP contribution in [0.25, 0.3) is 0 Å². The Balaban J connectivity index is 0.00000529. The van der Waals surface area contributed by atoms with Gasteiger partial charge in [-0.25, -0.2) is 4.39 Å². The summed E-state index contributed by atoms with van der Waals surface area (Å²) in [6.07, 6.45) is 2.60. The highest BCUT2D eigenvalue weighted by Gasteiger charge is 2.16. The number of aliphatic imine (C=N–C) groups is 1. The van der Waals surface area contributed by atoms with Gasteiger partial charge in [0.05, 0.1) is 12.5 Å². The van der Waals surface area contributed by atoms with Gasteiger partial charge in [0.1, 0.15) is 5.82 Å². The molecule has 24 heavy (non-hydrogen) atoms. The number of nitrogens with two attached hydrogens (primary N) is 1. The van der Waals surface area contributed by atoms with E-state index in [0.29, 0.717) is 18.9 Å². The average molecular weight is 450 g/mol. The largest absolute Gasteiger partial charge is 0.369 e. The Morgan fingerprint density at radius 2 is 1.92 bits per heavy atom. The number of amides is 1. The van der Waals surface area contributed by atoms with E-state index in [1.165, 1.54) is 12.1 Å². The number of nitrogens with zero attached hydrogens (tertiary/aromatic N) is 1. The zero-order valence-corrected chi connectivity index (χ0v) is 16.7. The molecule has 1 aromatic rings. The first-order chi connectivity index (χ1) is 11.1. The summed E-state index contributed by atoms with van der Waals surface area (Å²) in [5, 5.41) is 6.37. The zero-order chi connectivity index (χ0) is 17.1. The van der Waals surface area contributed by atoms with E-state index in [1.54, 1.807) is 12.1 Å². The molecule has 0 spiro atoms. The molecule has 1 atom stereocenters. The van der Waals surface area contributed by atoms with Crippen LogP contribution in [0.1, 0.15) is 32.3 Å². The number of nitrogens with one attached hydrogen (secondary N) is 2. The number of guanidine groups is 1. The van der Waals surface area contributed by atoms with E-state index >= 15 is 0 Å². The van der Waals surface area contributed by atoms with E-state index in [4.69, 9.17) is 5.73 Å². The van der Waals surface area contributed by atoms with Crippen LogP contribution < -0.4 is 16.4 Å². The Morgan fingerprint density at radius 3 is 2.46 bits per heavy atom. The predicted molar refractivity (Wildman–Crippen MR) is 107 cm³/mol. The van der Waals surface area contributed by atoms with Crippen LogP contribution in [0.4, 0.5) is 4.39 Å². The van der Waals surface area contributed by atoms with Crippen molar-refractivity contribution in [2.45, 2.75) is 33.1 Å². The number of halogens is 2. The summed E-state index contributed by atoms with van der Waals surface area (Å²) >= 11 is 0. The van der Waals surface area contributed by atoms with Crippen molar-refractivity contribution in [1.82, 2.24) is 10.6 Å². The van der Waals surface area contributed by atoms with Gasteiger partial charge in [0.25, 0.3) is 0 Å². The van der Waals surface area contributed by atoms with Crippen LogP contribution in [0, 0.1) is 11.7 Å². The molecule has 5 nitrogen and oxygen atoms in total. The van der Waals surface area contributed by atoms with Gasteiger partial charge in [-0.05, 0) is 37.5 Å². The van der Waals surface area contributed by atoms with Crippen LogP contribution in [-0.2, 0) is 11.2 Å². The Labute approximate surface area is 160 Å². The first-order valence-corrected chi connectivity index (χ1v) is 8.12. The van der Waals surface area contributed by atoms with Gasteiger partial charge >= 0.3 is 0 Å². The van der Waals surface area contributed by atoms with Crippen LogP contribution in [0.5, 0.6) is 0 Å². The summed E-state index contributed by atoms with van der Waals surface area (Å²) in [4.78, 5) is 16.1. The van der Waals surface area contributed by atoms with Crippen molar-refractivity contribution in [3.8, 4) is 0 Å². The number of rotatable bonds is 9. The number of primary amides is 1. The Hall–Kier alpha value is -1.38. The first-order valence-electron chi connectivity index (χ1n) is 8.12. The van der Waals surface area contributed by atoms with Gasteiger partial charge < -0.3 is 16.4 Å². The summed E-state index contributed by atoms with van der Waals surface area (Å²) in [6, 6.07) is 6.10. The molecule has 0 aliphatic carbocycles. The third kappa shape index (κ3) is 9.05. The predicted octanol–water partition coefficient (Wildman–Crippen LogP) is 2.44. The molecule has 1 unspecified atom stereocenters. The number of hydrogen-bond acceptors (Lipinski definition) is 2. The van der Waals surface area contributed by atoms with E-state index < -0.39 is 11.8 Å². The van der Waals surface area contributed by atoms with Crippen LogP contribution in [0.3, 0.4) is 0 Å². The number of carbonyl (C=O) groups is 1. The Bertz CT molecular complexity index is 508. The molecule has 0 fully saturated rings. The summed E-state index contributed by atoms with van der Waals surface area (Å²) in [5.41, 5.74) is 6.34. The maximum Gasteiger partial charge on any atom is 0.222 e. The molecule has 136 valence electrons. The summed E-state index contributed by atoms with van der Waals surface area (Å²) < 4.78 is 12.9. The second-order valence-electron chi connectivity index (χ2n) is 5.43. The molecule has 0 aliphatic heterocycles. The highest BCUT2D eigenvalue weighted by Crippen LogP contribution is 2.10. The van der Waals surface area contributed by atoms with Crippen LogP contribution >= 0.6 is 24.0 Å². The number of hydrogen-bond donors (Lipinski definition) is 3. The molecule has 0 radical (unpaired) electrons. The second kappa shape index (κ2) is 13.0. The molecule has 0 aromatic heterocycles. The number of benzene rings is 1. The zero-order valence-electron chi connectivity index (χ0n) is 14.3. The van der Waals surface area contributed by atoms with Crippen molar-refractivity contribution < 1.29 is 9.18 Å². The molecular weight excluding hydrogens is 422 g/mol. The minimum atomic E-state index is -0.415. The molecular formula is C17H28FIN4O. The van der Waals surface area contributed by atoms with Gasteiger partial charge in [-0.2, -0.15) is 0 Å². The lowest BCUT2D eigenvalue weighted by atomic mass is 9.99. The standard InChI is InChI=1S/C17H27FN4O.HI/c1-3-5-10-21-17(20-4-2)22-12-14(16(19)23)11-13-6-8-15(18)9-7-13;/h6-9,14H,3-5,10-12H2,1-2H3,(H2,19,23)(H2,20,21,22);1H. The first kappa shape index (κ1) is 22.6. The molecule has 7 heteroatoms. The molecule has 1 aromatic carbocycles. The molecule has 0 saturated carbocycles.